The molecule has 1 aromatic carbocycles. The Morgan fingerprint density at radius 2 is 1.77 bits per heavy atom. The standard InChI is InChI=1S/C19H31NO2/c1-5-11-19(12-14-20-16-21,13-15-22-18(2,3)4)17-9-7-6-8-10-17/h6-10,16H,5,11-15H2,1-4H3,(H,20,21). The molecular weight excluding hydrogens is 274 g/mol. The molecule has 1 unspecified atom stereocenters. The van der Waals surface area contributed by atoms with Crippen LogP contribution in [0.1, 0.15) is 58.9 Å². The summed E-state index contributed by atoms with van der Waals surface area (Å²) in [5.74, 6) is 0. The van der Waals surface area contributed by atoms with Gasteiger partial charge in [0.2, 0.25) is 6.41 Å². The van der Waals surface area contributed by atoms with Gasteiger partial charge in [-0.2, -0.15) is 0 Å². The molecule has 0 aliphatic rings. The van der Waals surface area contributed by atoms with E-state index in [2.05, 4.69) is 63.3 Å². The van der Waals surface area contributed by atoms with Gasteiger partial charge in [-0.3, -0.25) is 4.79 Å². The van der Waals surface area contributed by atoms with Crippen LogP contribution in [0.4, 0.5) is 0 Å². The SMILES string of the molecule is CCCC(CCNC=O)(CCOC(C)(C)C)c1ccccc1. The predicted octanol–water partition coefficient (Wildman–Crippen LogP) is 4.07. The van der Waals surface area contributed by atoms with E-state index in [0.29, 0.717) is 6.54 Å². The number of ether oxygens (including phenoxy) is 1. The van der Waals surface area contributed by atoms with Crippen molar-refractivity contribution in [2.24, 2.45) is 0 Å². The van der Waals surface area contributed by atoms with Crippen molar-refractivity contribution < 1.29 is 9.53 Å². The molecule has 1 atom stereocenters. The van der Waals surface area contributed by atoms with E-state index in [9.17, 15) is 4.79 Å². The van der Waals surface area contributed by atoms with E-state index >= 15 is 0 Å². The third-order valence-corrected chi connectivity index (χ3v) is 4.06. The Morgan fingerprint density at radius 3 is 2.32 bits per heavy atom. The van der Waals surface area contributed by atoms with E-state index in [-0.39, 0.29) is 11.0 Å². The lowest BCUT2D eigenvalue weighted by Crippen LogP contribution is -2.33. The topological polar surface area (TPSA) is 38.3 Å². The van der Waals surface area contributed by atoms with Gasteiger partial charge in [-0.25, -0.2) is 0 Å². The summed E-state index contributed by atoms with van der Waals surface area (Å²) in [5, 5.41) is 2.82. The van der Waals surface area contributed by atoms with Gasteiger partial charge in [0.1, 0.15) is 0 Å². The highest BCUT2D eigenvalue weighted by Crippen LogP contribution is 2.36. The first-order chi connectivity index (χ1) is 10.4. The normalized spacial score (nSPS) is 14.4. The Hall–Kier alpha value is -1.35. The summed E-state index contributed by atoms with van der Waals surface area (Å²) in [4.78, 5) is 10.6. The fraction of sp³-hybridized carbons (Fsp3) is 0.632. The Labute approximate surface area is 135 Å². The molecule has 1 rings (SSSR count). The minimum absolute atomic E-state index is 0.0667. The van der Waals surface area contributed by atoms with Crippen LogP contribution in [0, 0.1) is 0 Å². The van der Waals surface area contributed by atoms with Crippen molar-refractivity contribution in [3.63, 3.8) is 0 Å². The van der Waals surface area contributed by atoms with Crippen LogP contribution < -0.4 is 5.32 Å². The van der Waals surface area contributed by atoms with Crippen molar-refractivity contribution in [2.75, 3.05) is 13.2 Å². The molecule has 1 aromatic rings. The average molecular weight is 305 g/mol. The van der Waals surface area contributed by atoms with Gasteiger partial charge in [0.05, 0.1) is 5.60 Å². The second kappa shape index (κ2) is 8.94. The lowest BCUT2D eigenvalue weighted by Gasteiger charge is -2.35. The molecule has 0 fully saturated rings. The quantitative estimate of drug-likeness (QED) is 0.523. The molecule has 0 aliphatic carbocycles. The van der Waals surface area contributed by atoms with Crippen molar-refractivity contribution in [1.82, 2.24) is 5.32 Å². The third kappa shape index (κ3) is 6.18. The number of hydrogen-bond acceptors (Lipinski definition) is 2. The minimum atomic E-state index is -0.115. The van der Waals surface area contributed by atoms with E-state index in [4.69, 9.17) is 4.74 Å². The molecule has 0 heterocycles. The highest BCUT2D eigenvalue weighted by Gasteiger charge is 2.31. The number of nitrogens with one attached hydrogen (secondary N) is 1. The molecule has 3 nitrogen and oxygen atoms in total. The zero-order valence-electron chi connectivity index (χ0n) is 14.5. The van der Waals surface area contributed by atoms with Gasteiger partial charge in [0.25, 0.3) is 0 Å². The Balaban J connectivity index is 2.91. The first kappa shape index (κ1) is 18.7. The van der Waals surface area contributed by atoms with Crippen LogP contribution in [-0.4, -0.2) is 25.2 Å². The largest absolute Gasteiger partial charge is 0.376 e. The molecule has 22 heavy (non-hydrogen) atoms. The number of hydrogen-bond donors (Lipinski definition) is 1. The number of rotatable bonds is 10. The molecule has 0 aromatic heterocycles. The zero-order chi connectivity index (χ0) is 16.5. The van der Waals surface area contributed by atoms with E-state index in [1.54, 1.807) is 0 Å². The summed E-state index contributed by atoms with van der Waals surface area (Å²) in [7, 11) is 0. The third-order valence-electron chi connectivity index (χ3n) is 4.06. The van der Waals surface area contributed by atoms with Gasteiger partial charge in [0.15, 0.2) is 0 Å². The molecule has 3 heteroatoms. The second-order valence-electron chi connectivity index (χ2n) is 6.93. The van der Waals surface area contributed by atoms with Crippen LogP contribution in [-0.2, 0) is 14.9 Å². The Bertz CT molecular complexity index is 425. The van der Waals surface area contributed by atoms with Crippen LogP contribution in [0.15, 0.2) is 30.3 Å². The van der Waals surface area contributed by atoms with Crippen molar-refractivity contribution >= 4 is 6.41 Å². The molecule has 124 valence electrons. The molecule has 0 saturated carbocycles. The van der Waals surface area contributed by atoms with Gasteiger partial charge in [-0.1, -0.05) is 43.7 Å². The van der Waals surface area contributed by atoms with Gasteiger partial charge in [-0.05, 0) is 51.0 Å². The summed E-state index contributed by atoms with van der Waals surface area (Å²) in [6.45, 7) is 9.92. The number of carbonyl (C=O) groups is 1. The van der Waals surface area contributed by atoms with E-state index < -0.39 is 0 Å². The number of benzene rings is 1. The van der Waals surface area contributed by atoms with E-state index in [1.165, 1.54) is 5.56 Å². The maximum absolute atomic E-state index is 10.6. The van der Waals surface area contributed by atoms with Crippen LogP contribution in [0.3, 0.4) is 0 Å². The maximum Gasteiger partial charge on any atom is 0.207 e. The van der Waals surface area contributed by atoms with Crippen molar-refractivity contribution in [1.29, 1.82) is 0 Å². The van der Waals surface area contributed by atoms with Crippen LogP contribution in [0.2, 0.25) is 0 Å². The van der Waals surface area contributed by atoms with Crippen LogP contribution in [0.5, 0.6) is 0 Å². The monoisotopic (exact) mass is 305 g/mol. The molecule has 0 saturated heterocycles. The molecular formula is C19H31NO2. The highest BCUT2D eigenvalue weighted by atomic mass is 16.5. The van der Waals surface area contributed by atoms with Crippen LogP contribution in [0.25, 0.3) is 0 Å². The molecule has 0 radical (unpaired) electrons. The summed E-state index contributed by atoms with van der Waals surface area (Å²) >= 11 is 0. The molecule has 0 spiro atoms. The summed E-state index contributed by atoms with van der Waals surface area (Å²) < 4.78 is 5.97. The summed E-state index contributed by atoms with van der Waals surface area (Å²) in [6.07, 6.45) is 4.92. The fourth-order valence-corrected chi connectivity index (χ4v) is 3.00. The minimum Gasteiger partial charge on any atom is -0.376 e. The fourth-order valence-electron chi connectivity index (χ4n) is 3.00. The van der Waals surface area contributed by atoms with Crippen LogP contribution >= 0.6 is 0 Å². The summed E-state index contributed by atoms with van der Waals surface area (Å²) in [6, 6.07) is 10.6. The lowest BCUT2D eigenvalue weighted by atomic mass is 9.72. The first-order valence-corrected chi connectivity index (χ1v) is 8.30. The molecule has 0 bridgehead atoms. The Morgan fingerprint density at radius 1 is 1.09 bits per heavy atom. The zero-order valence-corrected chi connectivity index (χ0v) is 14.5. The van der Waals surface area contributed by atoms with Crippen molar-refractivity contribution in [3.8, 4) is 0 Å². The average Bonchev–Trinajstić information content (AvgIpc) is 2.47. The predicted molar refractivity (Wildman–Crippen MR) is 92.0 cm³/mol. The molecule has 1 amide bonds. The molecule has 0 aliphatic heterocycles. The first-order valence-electron chi connectivity index (χ1n) is 8.30. The Kier molecular flexibility index (Phi) is 7.60. The van der Waals surface area contributed by atoms with Gasteiger partial charge < -0.3 is 10.1 Å². The highest BCUT2D eigenvalue weighted by molar-refractivity contribution is 5.45. The summed E-state index contributed by atoms with van der Waals surface area (Å²) in [5.41, 5.74) is 1.30. The van der Waals surface area contributed by atoms with Gasteiger partial charge >= 0.3 is 0 Å². The number of carbonyl (C=O) groups excluding carboxylic acids is 1. The van der Waals surface area contributed by atoms with E-state index in [1.807, 2.05) is 0 Å². The second-order valence-corrected chi connectivity index (χ2v) is 6.93. The smallest absolute Gasteiger partial charge is 0.207 e. The van der Waals surface area contributed by atoms with Gasteiger partial charge in [-0.15, -0.1) is 0 Å². The molecule has 1 N–H and O–H groups in total. The van der Waals surface area contributed by atoms with E-state index in [0.717, 1.165) is 38.7 Å². The van der Waals surface area contributed by atoms with Crippen molar-refractivity contribution in [3.05, 3.63) is 35.9 Å². The van der Waals surface area contributed by atoms with Gasteiger partial charge in [0, 0.05) is 13.2 Å². The maximum atomic E-state index is 10.6. The lowest BCUT2D eigenvalue weighted by molar-refractivity contribution is -0.109. The number of amides is 1. The van der Waals surface area contributed by atoms with Crippen molar-refractivity contribution in [2.45, 2.75) is 64.4 Å².